The van der Waals surface area contributed by atoms with Gasteiger partial charge in [-0.05, 0) is 12.0 Å². The van der Waals surface area contributed by atoms with Gasteiger partial charge in [-0.15, -0.1) is 0 Å². The standard InChI is InChI=1S/C10H13NO2.C4H8N2O3/c1-13-10(12)9(11)7-8-5-3-2-4-6-8;5-2(4(8)9)1-3(6)7/h2-6,9H,7,11H2,1H3;2H,1,5H2,(H2,6,7)(H,8,9)/t9-;2-/m00/s1. The number of rotatable bonds is 6. The zero-order valence-corrected chi connectivity index (χ0v) is 12.3. The van der Waals surface area contributed by atoms with Gasteiger partial charge in [-0.25, -0.2) is 0 Å². The van der Waals surface area contributed by atoms with Gasteiger partial charge < -0.3 is 27.0 Å². The first-order chi connectivity index (χ1) is 10.3. The van der Waals surface area contributed by atoms with Gasteiger partial charge in [0.2, 0.25) is 5.91 Å². The number of benzene rings is 1. The first-order valence-corrected chi connectivity index (χ1v) is 6.42. The number of carbonyl (C=O) groups is 3. The lowest BCUT2D eigenvalue weighted by atomic mass is 10.1. The lowest BCUT2D eigenvalue weighted by Crippen LogP contribution is -2.34. The number of hydrogen-bond acceptors (Lipinski definition) is 6. The van der Waals surface area contributed by atoms with Crippen LogP contribution in [0, 0.1) is 0 Å². The van der Waals surface area contributed by atoms with Crippen LogP contribution in [0.25, 0.3) is 0 Å². The molecular formula is C14H21N3O5. The minimum Gasteiger partial charge on any atom is -0.480 e. The SMILES string of the molecule is COC(=O)[C@@H](N)Cc1ccccc1.NC(=O)C[C@H](N)C(=O)O. The highest BCUT2D eigenvalue weighted by Gasteiger charge is 2.13. The Morgan fingerprint density at radius 2 is 1.68 bits per heavy atom. The number of aliphatic carboxylic acids is 1. The molecule has 0 unspecified atom stereocenters. The van der Waals surface area contributed by atoms with Crippen molar-refractivity contribution >= 4 is 17.8 Å². The number of carboxylic acids is 1. The summed E-state index contributed by atoms with van der Waals surface area (Å²) in [6.07, 6.45) is 0.211. The van der Waals surface area contributed by atoms with Gasteiger partial charge in [0.1, 0.15) is 12.1 Å². The van der Waals surface area contributed by atoms with Crippen LogP contribution in [0.2, 0.25) is 0 Å². The number of amides is 1. The van der Waals surface area contributed by atoms with Crippen LogP contribution in [0.3, 0.4) is 0 Å². The highest BCUT2D eigenvalue weighted by atomic mass is 16.5. The summed E-state index contributed by atoms with van der Waals surface area (Å²) in [6, 6.07) is 7.90. The Morgan fingerprint density at radius 1 is 1.14 bits per heavy atom. The average Bonchev–Trinajstić information content (AvgIpc) is 2.47. The number of carbonyl (C=O) groups excluding carboxylic acids is 2. The van der Waals surface area contributed by atoms with E-state index in [0.29, 0.717) is 6.42 Å². The zero-order chi connectivity index (χ0) is 17.1. The fourth-order valence-electron chi connectivity index (χ4n) is 1.41. The van der Waals surface area contributed by atoms with E-state index in [1.807, 2.05) is 30.3 Å². The summed E-state index contributed by atoms with van der Waals surface area (Å²) in [7, 11) is 1.34. The highest BCUT2D eigenvalue weighted by Crippen LogP contribution is 2.02. The molecule has 122 valence electrons. The fraction of sp³-hybridized carbons (Fsp3) is 0.357. The van der Waals surface area contributed by atoms with E-state index in [2.05, 4.69) is 10.5 Å². The monoisotopic (exact) mass is 311 g/mol. The van der Waals surface area contributed by atoms with Crippen molar-refractivity contribution in [3.63, 3.8) is 0 Å². The Hall–Kier alpha value is -2.45. The van der Waals surface area contributed by atoms with E-state index in [9.17, 15) is 14.4 Å². The Morgan fingerprint density at radius 3 is 2.05 bits per heavy atom. The van der Waals surface area contributed by atoms with Crippen molar-refractivity contribution in [3.05, 3.63) is 35.9 Å². The minimum atomic E-state index is -1.21. The largest absolute Gasteiger partial charge is 0.480 e. The minimum absolute atomic E-state index is 0.310. The second-order valence-electron chi connectivity index (χ2n) is 4.43. The maximum atomic E-state index is 11.0. The van der Waals surface area contributed by atoms with Gasteiger partial charge in [-0.3, -0.25) is 14.4 Å². The lowest BCUT2D eigenvalue weighted by Gasteiger charge is -2.08. The summed E-state index contributed by atoms with van der Waals surface area (Å²) in [4.78, 5) is 30.9. The highest BCUT2D eigenvalue weighted by molar-refractivity contribution is 5.83. The molecule has 0 spiro atoms. The molecule has 1 rings (SSSR count). The van der Waals surface area contributed by atoms with Crippen LogP contribution >= 0.6 is 0 Å². The maximum absolute atomic E-state index is 11.0. The number of ether oxygens (including phenoxy) is 1. The molecular weight excluding hydrogens is 290 g/mol. The van der Waals surface area contributed by atoms with Crippen molar-refractivity contribution in [2.24, 2.45) is 17.2 Å². The van der Waals surface area contributed by atoms with Crippen LogP contribution in [0.15, 0.2) is 30.3 Å². The quantitative estimate of drug-likeness (QED) is 0.490. The molecule has 2 atom stereocenters. The average molecular weight is 311 g/mol. The van der Waals surface area contributed by atoms with Crippen LogP contribution in [0.4, 0.5) is 0 Å². The third kappa shape index (κ3) is 8.67. The molecule has 0 fully saturated rings. The summed E-state index contributed by atoms with van der Waals surface area (Å²) in [5, 5.41) is 8.10. The van der Waals surface area contributed by atoms with Gasteiger partial charge >= 0.3 is 11.9 Å². The van der Waals surface area contributed by atoms with Crippen molar-refractivity contribution < 1.29 is 24.2 Å². The number of primary amides is 1. The number of hydrogen-bond donors (Lipinski definition) is 4. The molecule has 0 saturated carbocycles. The van der Waals surface area contributed by atoms with E-state index < -0.39 is 24.0 Å². The molecule has 0 aliphatic rings. The molecule has 1 aromatic carbocycles. The molecule has 0 aliphatic heterocycles. The molecule has 7 N–H and O–H groups in total. The predicted molar refractivity (Wildman–Crippen MR) is 79.6 cm³/mol. The molecule has 0 radical (unpaired) electrons. The zero-order valence-electron chi connectivity index (χ0n) is 12.3. The maximum Gasteiger partial charge on any atom is 0.322 e. The summed E-state index contributed by atoms with van der Waals surface area (Å²) < 4.78 is 4.52. The van der Waals surface area contributed by atoms with Gasteiger partial charge in [0, 0.05) is 0 Å². The molecule has 0 saturated heterocycles. The molecule has 8 nitrogen and oxygen atoms in total. The normalized spacial score (nSPS) is 12.3. The van der Waals surface area contributed by atoms with Crippen LogP contribution < -0.4 is 17.2 Å². The molecule has 0 bridgehead atoms. The molecule has 1 aromatic rings. The summed E-state index contributed by atoms with van der Waals surface area (Å²) in [5.41, 5.74) is 16.2. The van der Waals surface area contributed by atoms with Crippen LogP contribution in [-0.4, -0.2) is 42.1 Å². The third-order valence-corrected chi connectivity index (χ3v) is 2.54. The first-order valence-electron chi connectivity index (χ1n) is 6.42. The van der Waals surface area contributed by atoms with Gasteiger partial charge in [0.25, 0.3) is 0 Å². The van der Waals surface area contributed by atoms with Gasteiger partial charge in [0.05, 0.1) is 13.5 Å². The summed E-state index contributed by atoms with van der Waals surface area (Å²) >= 11 is 0. The van der Waals surface area contributed by atoms with Gasteiger partial charge in [-0.1, -0.05) is 30.3 Å². The first kappa shape index (κ1) is 19.6. The Bertz CT molecular complexity index is 493. The topological polar surface area (TPSA) is 159 Å². The smallest absolute Gasteiger partial charge is 0.322 e. The van der Waals surface area contributed by atoms with Crippen molar-refractivity contribution in [1.82, 2.24) is 0 Å². The van der Waals surface area contributed by atoms with Crippen molar-refractivity contribution in [3.8, 4) is 0 Å². The van der Waals surface area contributed by atoms with Gasteiger partial charge in [0.15, 0.2) is 0 Å². The Kier molecular flexibility index (Phi) is 9.15. The number of esters is 1. The number of nitrogens with two attached hydrogens (primary N) is 3. The second-order valence-corrected chi connectivity index (χ2v) is 4.43. The molecule has 0 heterocycles. The van der Waals surface area contributed by atoms with Crippen LogP contribution in [0.5, 0.6) is 0 Å². The van der Waals surface area contributed by atoms with E-state index in [4.69, 9.17) is 16.6 Å². The van der Waals surface area contributed by atoms with E-state index in [1.54, 1.807) is 0 Å². The molecule has 1 amide bonds. The van der Waals surface area contributed by atoms with E-state index in [0.717, 1.165) is 5.56 Å². The van der Waals surface area contributed by atoms with Crippen LogP contribution in [-0.2, 0) is 25.5 Å². The van der Waals surface area contributed by atoms with Crippen LogP contribution in [0.1, 0.15) is 12.0 Å². The van der Waals surface area contributed by atoms with E-state index in [1.165, 1.54) is 7.11 Å². The summed E-state index contributed by atoms with van der Waals surface area (Å²) in [6.45, 7) is 0. The molecule has 0 aliphatic carbocycles. The molecule has 0 aromatic heterocycles. The summed E-state index contributed by atoms with van der Waals surface area (Å²) in [5.74, 6) is -2.29. The Labute approximate surface area is 128 Å². The fourth-order valence-corrected chi connectivity index (χ4v) is 1.41. The lowest BCUT2D eigenvalue weighted by molar-refractivity contribution is -0.142. The van der Waals surface area contributed by atoms with E-state index in [-0.39, 0.29) is 12.4 Å². The predicted octanol–water partition coefficient (Wildman–Crippen LogP) is -0.997. The van der Waals surface area contributed by atoms with E-state index >= 15 is 0 Å². The van der Waals surface area contributed by atoms with Crippen molar-refractivity contribution in [2.75, 3.05) is 7.11 Å². The molecule has 22 heavy (non-hydrogen) atoms. The Balaban J connectivity index is 0.000000433. The molecule has 8 heteroatoms. The number of methoxy groups -OCH3 is 1. The van der Waals surface area contributed by atoms with Crippen molar-refractivity contribution in [1.29, 1.82) is 0 Å². The van der Waals surface area contributed by atoms with Crippen molar-refractivity contribution in [2.45, 2.75) is 24.9 Å². The second kappa shape index (κ2) is 10.3. The van der Waals surface area contributed by atoms with Gasteiger partial charge in [-0.2, -0.15) is 0 Å². The third-order valence-electron chi connectivity index (χ3n) is 2.54. The number of carboxylic acid groups (broad SMARTS) is 1.